The lowest BCUT2D eigenvalue weighted by Crippen LogP contribution is -2.47. The van der Waals surface area contributed by atoms with Crippen LogP contribution < -0.4 is 18.5 Å². The van der Waals surface area contributed by atoms with Crippen molar-refractivity contribution in [3.63, 3.8) is 0 Å². The van der Waals surface area contributed by atoms with Gasteiger partial charge >= 0.3 is 6.16 Å². The van der Waals surface area contributed by atoms with E-state index in [9.17, 15) is 18.0 Å². The summed E-state index contributed by atoms with van der Waals surface area (Å²) in [6, 6.07) is 20.6. The number of hydrogen-bond acceptors (Lipinski definition) is 8. The number of para-hydroxylation sites is 1. The lowest BCUT2D eigenvalue weighted by atomic mass is 9.87. The Balaban J connectivity index is 1.73. The molecule has 12 heteroatoms. The Bertz CT molecular complexity index is 1770. The van der Waals surface area contributed by atoms with E-state index in [2.05, 4.69) is 0 Å². The number of rotatable bonds is 7. The SMILES string of the molecule is COc1ccc(S(=O)(=O)N2C(=O)C(OC(=O)Oc3ccccc3)(c3ccccc3F)c3cc(Cl)ccc32)c(OC)c1. The normalized spacial score (nSPS) is 16.2. The first-order valence-electron chi connectivity index (χ1n) is 12.0. The van der Waals surface area contributed by atoms with Crippen molar-refractivity contribution in [2.24, 2.45) is 0 Å². The topological polar surface area (TPSA) is 108 Å². The van der Waals surface area contributed by atoms with Crippen LogP contribution in [0.4, 0.5) is 14.9 Å². The number of anilines is 1. The van der Waals surface area contributed by atoms with Gasteiger partial charge in [-0.25, -0.2) is 17.6 Å². The lowest BCUT2D eigenvalue weighted by molar-refractivity contribution is -0.133. The molecular weight excluding hydrogens is 577 g/mol. The minimum absolute atomic E-state index is 0.0681. The summed E-state index contributed by atoms with van der Waals surface area (Å²) in [6.45, 7) is 0. The van der Waals surface area contributed by atoms with E-state index in [-0.39, 0.29) is 27.8 Å². The number of nitrogens with zero attached hydrogens (tertiary/aromatic N) is 1. The third kappa shape index (κ3) is 4.72. The fraction of sp³-hybridized carbons (Fsp3) is 0.103. The van der Waals surface area contributed by atoms with Gasteiger partial charge in [-0.15, -0.1) is 0 Å². The van der Waals surface area contributed by atoms with Crippen molar-refractivity contribution >= 4 is 39.4 Å². The molecule has 0 fully saturated rings. The number of methoxy groups -OCH3 is 2. The predicted octanol–water partition coefficient (Wildman–Crippen LogP) is 5.69. The fourth-order valence-electron chi connectivity index (χ4n) is 4.55. The maximum atomic E-state index is 15.5. The molecule has 0 saturated carbocycles. The van der Waals surface area contributed by atoms with Crippen molar-refractivity contribution in [2.45, 2.75) is 10.5 Å². The standard InChI is InChI=1S/C29H21ClFNO8S/c1-37-20-13-15-26(25(17-20)38-2)41(35,36)32-24-14-12-18(30)16-22(24)29(27(32)33,21-10-6-7-11-23(21)31)40-28(34)39-19-8-4-3-5-9-19/h3-17H,1-2H3. The summed E-state index contributed by atoms with van der Waals surface area (Å²) in [5.74, 6) is -2.00. The average Bonchev–Trinajstić information content (AvgIpc) is 3.21. The molecule has 4 aromatic rings. The Kier molecular flexibility index (Phi) is 7.33. The highest BCUT2D eigenvalue weighted by molar-refractivity contribution is 7.93. The molecular formula is C29H21ClFNO8S. The second-order valence-corrected chi connectivity index (χ2v) is 10.9. The molecule has 0 aliphatic carbocycles. The molecule has 1 atom stereocenters. The van der Waals surface area contributed by atoms with E-state index in [0.29, 0.717) is 10.1 Å². The second kappa shape index (κ2) is 10.8. The van der Waals surface area contributed by atoms with E-state index >= 15 is 4.39 Å². The first kappa shape index (κ1) is 27.9. The van der Waals surface area contributed by atoms with E-state index in [1.807, 2.05) is 0 Å². The average molecular weight is 598 g/mol. The van der Waals surface area contributed by atoms with Gasteiger partial charge in [-0.05, 0) is 48.5 Å². The summed E-state index contributed by atoms with van der Waals surface area (Å²) >= 11 is 6.27. The molecule has 1 unspecified atom stereocenters. The van der Waals surface area contributed by atoms with Crippen molar-refractivity contribution in [1.29, 1.82) is 0 Å². The molecule has 1 amide bonds. The summed E-state index contributed by atoms with van der Waals surface area (Å²) < 4.78 is 65.5. The van der Waals surface area contributed by atoms with Gasteiger partial charge in [0, 0.05) is 22.2 Å². The van der Waals surface area contributed by atoms with Crippen LogP contribution in [0.25, 0.3) is 0 Å². The van der Waals surface area contributed by atoms with Crippen LogP contribution in [0, 0.1) is 5.82 Å². The highest BCUT2D eigenvalue weighted by Crippen LogP contribution is 2.51. The largest absolute Gasteiger partial charge is 0.515 e. The van der Waals surface area contributed by atoms with E-state index in [4.69, 9.17) is 30.5 Å². The van der Waals surface area contributed by atoms with Crippen molar-refractivity contribution in [1.82, 2.24) is 0 Å². The number of carbonyl (C=O) groups is 2. The van der Waals surface area contributed by atoms with Crippen LogP contribution >= 0.6 is 11.6 Å². The number of sulfonamides is 1. The summed E-state index contributed by atoms with van der Waals surface area (Å²) in [7, 11) is -2.12. The summed E-state index contributed by atoms with van der Waals surface area (Å²) in [5, 5.41) is 0.0681. The van der Waals surface area contributed by atoms with Crippen LogP contribution in [-0.4, -0.2) is 34.7 Å². The maximum absolute atomic E-state index is 15.5. The second-order valence-electron chi connectivity index (χ2n) is 8.68. The smallest absolute Gasteiger partial charge is 0.497 e. The molecule has 210 valence electrons. The molecule has 9 nitrogen and oxygen atoms in total. The summed E-state index contributed by atoms with van der Waals surface area (Å²) in [6.07, 6.45) is -1.39. The highest BCUT2D eigenvalue weighted by Gasteiger charge is 2.61. The molecule has 5 rings (SSSR count). The molecule has 41 heavy (non-hydrogen) atoms. The Labute approximate surface area is 239 Å². The Hall–Kier alpha value is -4.61. The molecule has 0 spiro atoms. The minimum atomic E-state index is -4.76. The summed E-state index contributed by atoms with van der Waals surface area (Å²) in [4.78, 5) is 27.2. The number of halogens is 2. The zero-order valence-corrected chi connectivity index (χ0v) is 23.1. The van der Waals surface area contributed by atoms with Gasteiger partial charge in [0.1, 0.15) is 28.0 Å². The minimum Gasteiger partial charge on any atom is -0.497 e. The van der Waals surface area contributed by atoms with Crippen molar-refractivity contribution in [3.8, 4) is 17.2 Å². The van der Waals surface area contributed by atoms with Gasteiger partial charge in [0.25, 0.3) is 15.9 Å². The molecule has 1 heterocycles. The molecule has 1 aliphatic heterocycles. The maximum Gasteiger partial charge on any atom is 0.515 e. The Morgan fingerprint density at radius 3 is 2.24 bits per heavy atom. The first-order chi connectivity index (χ1) is 19.6. The van der Waals surface area contributed by atoms with Gasteiger partial charge in [0.15, 0.2) is 0 Å². The quantitative estimate of drug-likeness (QED) is 0.197. The number of hydrogen-bond donors (Lipinski definition) is 0. The lowest BCUT2D eigenvalue weighted by Gasteiger charge is -2.29. The van der Waals surface area contributed by atoms with E-state index in [1.54, 1.807) is 18.2 Å². The molecule has 1 aliphatic rings. The third-order valence-corrected chi connectivity index (χ3v) is 8.34. The van der Waals surface area contributed by atoms with Crippen molar-refractivity contribution in [2.75, 3.05) is 18.5 Å². The number of amides is 1. The van der Waals surface area contributed by atoms with Gasteiger partial charge in [-0.1, -0.05) is 48.0 Å². The van der Waals surface area contributed by atoms with Gasteiger partial charge in [0.2, 0.25) is 5.60 Å². The van der Waals surface area contributed by atoms with Crippen molar-refractivity contribution in [3.05, 3.63) is 113 Å². The third-order valence-electron chi connectivity index (χ3n) is 6.37. The molecule has 0 radical (unpaired) electrons. The number of benzene rings is 4. The molecule has 4 aromatic carbocycles. The van der Waals surface area contributed by atoms with Crippen LogP contribution in [0.1, 0.15) is 11.1 Å². The van der Waals surface area contributed by atoms with Gasteiger partial charge < -0.3 is 18.9 Å². The Morgan fingerprint density at radius 2 is 1.56 bits per heavy atom. The van der Waals surface area contributed by atoms with E-state index in [1.165, 1.54) is 80.9 Å². The first-order valence-corrected chi connectivity index (χ1v) is 13.8. The number of ether oxygens (including phenoxy) is 4. The monoisotopic (exact) mass is 597 g/mol. The van der Waals surface area contributed by atoms with Crippen LogP contribution in [0.5, 0.6) is 17.2 Å². The Morgan fingerprint density at radius 1 is 0.854 bits per heavy atom. The summed E-state index contributed by atoms with van der Waals surface area (Å²) in [5.41, 5.74) is -3.48. The van der Waals surface area contributed by atoms with Crippen LogP contribution in [-0.2, 0) is 25.2 Å². The highest BCUT2D eigenvalue weighted by atomic mass is 35.5. The van der Waals surface area contributed by atoms with E-state index < -0.39 is 44.0 Å². The van der Waals surface area contributed by atoms with Gasteiger partial charge in [0.05, 0.1) is 19.9 Å². The van der Waals surface area contributed by atoms with Gasteiger partial charge in [-0.2, -0.15) is 4.31 Å². The van der Waals surface area contributed by atoms with Crippen LogP contribution in [0.15, 0.2) is 95.9 Å². The molecule has 0 aromatic heterocycles. The zero-order chi connectivity index (χ0) is 29.4. The van der Waals surface area contributed by atoms with Crippen molar-refractivity contribution < 1.29 is 41.3 Å². The molecule has 0 N–H and O–H groups in total. The molecule has 0 saturated heterocycles. The van der Waals surface area contributed by atoms with Crippen LogP contribution in [0.3, 0.4) is 0 Å². The van der Waals surface area contributed by atoms with Crippen LogP contribution in [0.2, 0.25) is 5.02 Å². The fourth-order valence-corrected chi connectivity index (χ4v) is 6.32. The molecule has 0 bridgehead atoms. The van der Waals surface area contributed by atoms with E-state index in [0.717, 1.165) is 6.07 Å². The number of carbonyl (C=O) groups excluding carboxylic acids is 2. The zero-order valence-electron chi connectivity index (χ0n) is 21.5. The predicted molar refractivity (Wildman–Crippen MR) is 146 cm³/mol. The van der Waals surface area contributed by atoms with Gasteiger partial charge in [-0.3, -0.25) is 4.79 Å². The number of fused-ring (bicyclic) bond motifs is 1.